The molecule has 31 heavy (non-hydrogen) atoms. The zero-order valence-electron chi connectivity index (χ0n) is 18.6. The van der Waals surface area contributed by atoms with Crippen LogP contribution in [0.4, 0.5) is 5.69 Å². The van der Waals surface area contributed by atoms with E-state index in [9.17, 15) is 9.59 Å². The summed E-state index contributed by atoms with van der Waals surface area (Å²) in [5.74, 6) is 0.706. The molecule has 1 heterocycles. The van der Waals surface area contributed by atoms with E-state index in [1.54, 1.807) is 0 Å². The Bertz CT molecular complexity index is 956. The molecule has 0 unspecified atom stereocenters. The van der Waals surface area contributed by atoms with Gasteiger partial charge in [0.1, 0.15) is 10.8 Å². The number of fused-ring (bicyclic) bond motifs is 1. The van der Waals surface area contributed by atoms with Gasteiger partial charge in [-0.25, -0.2) is 4.79 Å². The lowest BCUT2D eigenvalue weighted by Gasteiger charge is -2.20. The van der Waals surface area contributed by atoms with E-state index in [1.165, 1.54) is 11.8 Å². The van der Waals surface area contributed by atoms with E-state index in [4.69, 9.17) is 4.74 Å². The number of rotatable bonds is 11. The first-order chi connectivity index (χ1) is 15.1. The van der Waals surface area contributed by atoms with Crippen LogP contribution in [0.2, 0.25) is 0 Å². The van der Waals surface area contributed by atoms with Crippen LogP contribution in [0.1, 0.15) is 38.4 Å². The van der Waals surface area contributed by atoms with E-state index in [2.05, 4.69) is 29.0 Å². The number of aromatic nitrogens is 2. The Balaban J connectivity index is 1.69. The van der Waals surface area contributed by atoms with Gasteiger partial charge in [-0.3, -0.25) is 9.36 Å². The molecule has 1 N–H and O–H groups in total. The summed E-state index contributed by atoms with van der Waals surface area (Å²) >= 11 is 1.34. The van der Waals surface area contributed by atoms with Gasteiger partial charge in [0.05, 0.1) is 18.0 Å². The van der Waals surface area contributed by atoms with E-state index in [0.29, 0.717) is 29.6 Å². The molecule has 0 atom stereocenters. The lowest BCUT2D eigenvalue weighted by molar-refractivity contribution is -0.113. The number of benzene rings is 1. The summed E-state index contributed by atoms with van der Waals surface area (Å²) < 4.78 is 7.40. The number of thioether (sulfide) groups is 1. The van der Waals surface area contributed by atoms with Gasteiger partial charge in [-0.05, 0) is 51.4 Å². The smallest absolute Gasteiger partial charge is 0.348 e. The first-order valence-corrected chi connectivity index (χ1v) is 12.0. The standard InChI is InChI=1S/C23H32N4O3S/c1-4-26(5-2)14-15-27-19-12-9-10-17(19)22(25-23(27)29)31-16-21(28)24-18-11-7-8-13-20(18)30-6-3/h7-8,11,13H,4-6,9-10,12,14-16H2,1-3H3,(H,24,28). The van der Waals surface area contributed by atoms with Crippen LogP contribution in [-0.4, -0.2) is 52.4 Å². The molecular formula is C23H32N4O3S. The van der Waals surface area contributed by atoms with Crippen LogP contribution >= 0.6 is 11.8 Å². The van der Waals surface area contributed by atoms with Crippen LogP contribution in [0, 0.1) is 0 Å². The van der Waals surface area contributed by atoms with Gasteiger partial charge in [0, 0.05) is 24.3 Å². The van der Waals surface area contributed by atoms with Gasteiger partial charge < -0.3 is 15.0 Å². The molecule has 0 fully saturated rings. The summed E-state index contributed by atoms with van der Waals surface area (Å²) in [4.78, 5) is 31.9. The molecular weight excluding hydrogens is 412 g/mol. The first kappa shape index (κ1) is 23.3. The number of amides is 1. The number of likely N-dealkylation sites (N-methyl/N-ethyl adjacent to an activating group) is 1. The van der Waals surface area contributed by atoms with Gasteiger partial charge >= 0.3 is 5.69 Å². The molecule has 1 aromatic heterocycles. The Labute approximate surface area is 188 Å². The van der Waals surface area contributed by atoms with Crippen LogP contribution in [0.5, 0.6) is 5.75 Å². The van der Waals surface area contributed by atoms with Crippen molar-refractivity contribution in [2.24, 2.45) is 0 Å². The van der Waals surface area contributed by atoms with Gasteiger partial charge in [0.2, 0.25) is 5.91 Å². The van der Waals surface area contributed by atoms with Crippen LogP contribution in [-0.2, 0) is 24.2 Å². The topological polar surface area (TPSA) is 76.5 Å². The zero-order valence-corrected chi connectivity index (χ0v) is 19.5. The number of hydrogen-bond acceptors (Lipinski definition) is 6. The molecule has 0 radical (unpaired) electrons. The van der Waals surface area contributed by atoms with Crippen molar-refractivity contribution in [3.63, 3.8) is 0 Å². The van der Waals surface area contributed by atoms with E-state index in [0.717, 1.165) is 50.2 Å². The Hall–Kier alpha value is -2.32. The first-order valence-electron chi connectivity index (χ1n) is 11.1. The maximum absolute atomic E-state index is 12.7. The molecule has 1 amide bonds. The molecule has 1 aromatic carbocycles. The number of hydrogen-bond donors (Lipinski definition) is 1. The van der Waals surface area contributed by atoms with Gasteiger partial charge in [-0.1, -0.05) is 37.7 Å². The van der Waals surface area contributed by atoms with Crippen molar-refractivity contribution < 1.29 is 9.53 Å². The van der Waals surface area contributed by atoms with Crippen molar-refractivity contribution in [3.05, 3.63) is 46.0 Å². The predicted octanol–water partition coefficient (Wildman–Crippen LogP) is 3.20. The molecule has 2 aromatic rings. The van der Waals surface area contributed by atoms with Crippen LogP contribution in [0.15, 0.2) is 34.1 Å². The highest BCUT2D eigenvalue weighted by atomic mass is 32.2. The second-order valence-electron chi connectivity index (χ2n) is 7.42. The molecule has 7 nitrogen and oxygen atoms in total. The third-order valence-corrected chi connectivity index (χ3v) is 6.55. The minimum atomic E-state index is -0.211. The normalized spacial score (nSPS) is 12.8. The number of carbonyl (C=O) groups is 1. The summed E-state index contributed by atoms with van der Waals surface area (Å²) in [6.07, 6.45) is 2.82. The van der Waals surface area contributed by atoms with Crippen LogP contribution in [0.25, 0.3) is 0 Å². The van der Waals surface area contributed by atoms with Crippen molar-refractivity contribution in [3.8, 4) is 5.75 Å². The summed E-state index contributed by atoms with van der Waals surface area (Å²) in [7, 11) is 0. The van der Waals surface area contributed by atoms with Gasteiger partial charge in [-0.2, -0.15) is 4.98 Å². The SMILES string of the molecule is CCOc1ccccc1NC(=O)CSc1nc(=O)n(CCN(CC)CC)c2c1CCC2. The Morgan fingerprint density at radius 3 is 2.74 bits per heavy atom. The molecule has 1 aliphatic carbocycles. The number of anilines is 1. The maximum Gasteiger partial charge on any atom is 0.348 e. The molecule has 168 valence electrons. The molecule has 3 rings (SSSR count). The second kappa shape index (κ2) is 11.3. The molecule has 1 aliphatic rings. The second-order valence-corrected chi connectivity index (χ2v) is 8.39. The molecule has 0 aliphatic heterocycles. The van der Waals surface area contributed by atoms with Crippen molar-refractivity contribution in [2.75, 3.05) is 37.3 Å². The fourth-order valence-electron chi connectivity index (χ4n) is 3.89. The largest absolute Gasteiger partial charge is 0.492 e. The summed E-state index contributed by atoms with van der Waals surface area (Å²) in [5, 5.41) is 3.60. The predicted molar refractivity (Wildman–Crippen MR) is 125 cm³/mol. The fraction of sp³-hybridized carbons (Fsp3) is 0.522. The summed E-state index contributed by atoms with van der Waals surface area (Å²) in [6.45, 7) is 10.1. The number of nitrogens with zero attached hydrogens (tertiary/aromatic N) is 3. The fourth-order valence-corrected chi connectivity index (χ4v) is 4.77. The van der Waals surface area contributed by atoms with Crippen molar-refractivity contribution in [1.82, 2.24) is 14.5 Å². The van der Waals surface area contributed by atoms with E-state index in [-0.39, 0.29) is 17.3 Å². The average Bonchev–Trinajstić information content (AvgIpc) is 3.26. The maximum atomic E-state index is 12.7. The van der Waals surface area contributed by atoms with E-state index >= 15 is 0 Å². The van der Waals surface area contributed by atoms with Gasteiger partial charge in [0.25, 0.3) is 0 Å². The number of nitrogens with one attached hydrogen (secondary N) is 1. The Morgan fingerprint density at radius 1 is 1.23 bits per heavy atom. The van der Waals surface area contributed by atoms with Crippen LogP contribution in [0.3, 0.4) is 0 Å². The molecule has 0 bridgehead atoms. The zero-order chi connectivity index (χ0) is 22.2. The number of para-hydroxylation sites is 2. The van der Waals surface area contributed by atoms with Gasteiger partial charge in [0.15, 0.2) is 0 Å². The lowest BCUT2D eigenvalue weighted by atomic mass is 10.2. The van der Waals surface area contributed by atoms with Gasteiger partial charge in [-0.15, -0.1) is 0 Å². The van der Waals surface area contributed by atoms with Crippen LogP contribution < -0.4 is 15.7 Å². The molecule has 0 saturated carbocycles. The number of ether oxygens (including phenoxy) is 1. The average molecular weight is 445 g/mol. The van der Waals surface area contributed by atoms with E-state index in [1.807, 2.05) is 35.8 Å². The monoisotopic (exact) mass is 444 g/mol. The molecule has 8 heteroatoms. The quantitative estimate of drug-likeness (QED) is 0.424. The molecule has 0 spiro atoms. The lowest BCUT2D eigenvalue weighted by Crippen LogP contribution is -2.34. The highest BCUT2D eigenvalue weighted by Gasteiger charge is 2.22. The highest BCUT2D eigenvalue weighted by molar-refractivity contribution is 8.00. The van der Waals surface area contributed by atoms with Crippen molar-refractivity contribution >= 4 is 23.4 Å². The van der Waals surface area contributed by atoms with Crippen molar-refractivity contribution in [1.29, 1.82) is 0 Å². The summed E-state index contributed by atoms with van der Waals surface area (Å²) in [6, 6.07) is 7.38. The third kappa shape index (κ3) is 5.89. The Kier molecular flexibility index (Phi) is 8.54. The minimum Gasteiger partial charge on any atom is -0.492 e. The van der Waals surface area contributed by atoms with Crippen molar-refractivity contribution in [2.45, 2.75) is 51.6 Å². The molecule has 0 saturated heterocycles. The van der Waals surface area contributed by atoms with E-state index < -0.39 is 0 Å². The minimum absolute atomic E-state index is 0.142. The Morgan fingerprint density at radius 2 is 2.00 bits per heavy atom. The summed E-state index contributed by atoms with van der Waals surface area (Å²) in [5.41, 5.74) is 2.67. The third-order valence-electron chi connectivity index (χ3n) is 5.54. The number of carbonyl (C=O) groups excluding carboxylic acids is 1. The highest BCUT2D eigenvalue weighted by Crippen LogP contribution is 2.30.